The molecular weight excluding hydrogens is 488 g/mol. The molecule has 0 saturated carbocycles. The SMILES string of the molecule is Cc1nc(N2CCC3(CC2)Cc2cccnc2C3=NS(=O)C(C)(C)C)c2ccnn2c1Br. The van der Waals surface area contributed by atoms with Crippen LogP contribution in [0.1, 0.15) is 50.6 Å². The first-order valence-corrected chi connectivity index (χ1v) is 12.8. The van der Waals surface area contributed by atoms with E-state index in [1.807, 2.05) is 56.7 Å². The van der Waals surface area contributed by atoms with Gasteiger partial charge in [-0.05, 0) is 80.6 Å². The van der Waals surface area contributed by atoms with Gasteiger partial charge >= 0.3 is 0 Å². The van der Waals surface area contributed by atoms with Gasteiger partial charge in [-0.25, -0.2) is 13.7 Å². The standard InChI is InChI=1S/C23H27BrN6OS/c1-15-20(24)30-17(7-11-26-30)21(27-15)29-12-8-23(9-13-29)14-16-6-5-10-25-18(16)19(23)28-32(31)22(2,3)4/h5-7,10-11H,8-9,12-14H2,1-4H3. The van der Waals surface area contributed by atoms with E-state index in [4.69, 9.17) is 9.38 Å². The molecule has 1 unspecified atom stereocenters. The summed E-state index contributed by atoms with van der Waals surface area (Å²) in [5.41, 5.74) is 4.84. The summed E-state index contributed by atoms with van der Waals surface area (Å²) in [7, 11) is -1.32. The van der Waals surface area contributed by atoms with Crippen LogP contribution >= 0.6 is 15.9 Å². The maximum absolute atomic E-state index is 13.0. The molecule has 1 atom stereocenters. The van der Waals surface area contributed by atoms with Crippen LogP contribution in [0.5, 0.6) is 0 Å². The Labute approximate surface area is 199 Å². The highest BCUT2D eigenvalue weighted by molar-refractivity contribution is 9.10. The largest absolute Gasteiger partial charge is 0.355 e. The molecule has 0 bridgehead atoms. The Bertz CT molecular complexity index is 1250. The number of aryl methyl sites for hydroxylation is 1. The Morgan fingerprint density at radius 1 is 1.19 bits per heavy atom. The summed E-state index contributed by atoms with van der Waals surface area (Å²) in [6.45, 7) is 9.60. The number of pyridine rings is 1. The molecule has 4 heterocycles. The van der Waals surface area contributed by atoms with Crippen molar-refractivity contribution in [2.45, 2.75) is 51.7 Å². The first-order valence-electron chi connectivity index (χ1n) is 10.9. The molecule has 1 fully saturated rings. The van der Waals surface area contributed by atoms with Crippen LogP contribution in [0.25, 0.3) is 5.52 Å². The molecule has 7 nitrogen and oxygen atoms in total. The molecule has 1 saturated heterocycles. The van der Waals surface area contributed by atoms with Crippen LogP contribution in [0.15, 0.2) is 39.6 Å². The lowest BCUT2D eigenvalue weighted by Gasteiger charge is -2.40. The van der Waals surface area contributed by atoms with Gasteiger partial charge < -0.3 is 4.90 Å². The fourth-order valence-electron chi connectivity index (χ4n) is 4.69. The van der Waals surface area contributed by atoms with Crippen molar-refractivity contribution in [3.63, 3.8) is 0 Å². The van der Waals surface area contributed by atoms with Crippen molar-refractivity contribution in [2.24, 2.45) is 9.81 Å². The predicted molar refractivity (Wildman–Crippen MR) is 132 cm³/mol. The van der Waals surface area contributed by atoms with E-state index in [9.17, 15) is 4.21 Å². The molecular formula is C23H27BrN6OS. The average molecular weight is 515 g/mol. The summed E-state index contributed by atoms with van der Waals surface area (Å²) >= 11 is 3.60. The summed E-state index contributed by atoms with van der Waals surface area (Å²) in [6, 6.07) is 6.12. The van der Waals surface area contributed by atoms with Gasteiger partial charge in [-0.15, -0.1) is 0 Å². The minimum absolute atomic E-state index is 0.130. The smallest absolute Gasteiger partial charge is 0.155 e. The highest BCUT2D eigenvalue weighted by atomic mass is 79.9. The van der Waals surface area contributed by atoms with E-state index >= 15 is 0 Å². The summed E-state index contributed by atoms with van der Waals surface area (Å²) in [5.74, 6) is 0.962. The number of nitrogens with zero attached hydrogens (tertiary/aromatic N) is 6. The van der Waals surface area contributed by atoms with E-state index < -0.39 is 15.7 Å². The third kappa shape index (κ3) is 3.50. The van der Waals surface area contributed by atoms with Gasteiger partial charge in [-0.3, -0.25) is 4.98 Å². The number of aromatic nitrogens is 4. The van der Waals surface area contributed by atoms with Crippen molar-refractivity contribution >= 4 is 44.0 Å². The molecule has 1 aliphatic carbocycles. The van der Waals surface area contributed by atoms with Crippen LogP contribution in [0.2, 0.25) is 0 Å². The Morgan fingerprint density at radius 2 is 1.94 bits per heavy atom. The lowest BCUT2D eigenvalue weighted by atomic mass is 9.75. The van der Waals surface area contributed by atoms with Gasteiger partial charge in [0.1, 0.15) is 21.1 Å². The van der Waals surface area contributed by atoms with Crippen molar-refractivity contribution in [3.05, 3.63) is 52.1 Å². The van der Waals surface area contributed by atoms with E-state index in [2.05, 4.69) is 37.0 Å². The maximum atomic E-state index is 13.0. The molecule has 3 aromatic rings. The van der Waals surface area contributed by atoms with Crippen molar-refractivity contribution < 1.29 is 4.21 Å². The number of halogens is 1. The number of rotatable bonds is 2. The minimum atomic E-state index is -1.32. The second-order valence-electron chi connectivity index (χ2n) is 9.70. The van der Waals surface area contributed by atoms with Crippen molar-refractivity contribution in [3.8, 4) is 0 Å². The molecule has 2 aliphatic rings. The second kappa shape index (κ2) is 7.73. The average Bonchev–Trinajstić information content (AvgIpc) is 3.35. The van der Waals surface area contributed by atoms with E-state index in [0.29, 0.717) is 0 Å². The quantitative estimate of drug-likeness (QED) is 0.509. The topological polar surface area (TPSA) is 75.8 Å². The van der Waals surface area contributed by atoms with E-state index in [0.717, 1.165) is 65.4 Å². The molecule has 32 heavy (non-hydrogen) atoms. The van der Waals surface area contributed by atoms with Gasteiger partial charge in [0.05, 0.1) is 28.0 Å². The lowest BCUT2D eigenvalue weighted by molar-refractivity contribution is 0.330. The number of fused-ring (bicyclic) bond motifs is 2. The third-order valence-corrected chi connectivity index (χ3v) is 8.80. The minimum Gasteiger partial charge on any atom is -0.355 e. The van der Waals surface area contributed by atoms with Crippen molar-refractivity contribution in [2.75, 3.05) is 18.0 Å². The first-order chi connectivity index (χ1) is 15.2. The molecule has 1 spiro atoms. The van der Waals surface area contributed by atoms with Crippen LogP contribution in [0.3, 0.4) is 0 Å². The van der Waals surface area contributed by atoms with Gasteiger partial charge in [0, 0.05) is 24.7 Å². The van der Waals surface area contributed by atoms with Crippen LogP contribution in [-0.4, -0.2) is 47.3 Å². The number of hydrogen-bond donors (Lipinski definition) is 0. The second-order valence-corrected chi connectivity index (χ2v) is 12.4. The van der Waals surface area contributed by atoms with E-state index in [1.54, 1.807) is 0 Å². The van der Waals surface area contributed by atoms with Crippen LogP contribution in [-0.2, 0) is 17.4 Å². The fourth-order valence-corrected chi connectivity index (χ4v) is 5.78. The summed E-state index contributed by atoms with van der Waals surface area (Å²) in [4.78, 5) is 11.9. The van der Waals surface area contributed by atoms with Gasteiger partial charge in [-0.1, -0.05) is 6.07 Å². The van der Waals surface area contributed by atoms with Gasteiger partial charge in [-0.2, -0.15) is 9.50 Å². The fraction of sp³-hybridized carbons (Fsp3) is 0.478. The predicted octanol–water partition coefficient (Wildman–Crippen LogP) is 4.29. The number of anilines is 1. The highest BCUT2D eigenvalue weighted by Crippen LogP contribution is 2.45. The maximum Gasteiger partial charge on any atom is 0.155 e. The highest BCUT2D eigenvalue weighted by Gasteiger charge is 2.47. The van der Waals surface area contributed by atoms with Gasteiger partial charge in [0.2, 0.25) is 0 Å². The zero-order valence-electron chi connectivity index (χ0n) is 18.8. The third-order valence-electron chi connectivity index (χ3n) is 6.49. The zero-order chi connectivity index (χ0) is 22.7. The Hall–Kier alpha value is -2.13. The summed E-state index contributed by atoms with van der Waals surface area (Å²) < 4.78 is 20.2. The van der Waals surface area contributed by atoms with Gasteiger partial charge in [0.15, 0.2) is 5.82 Å². The van der Waals surface area contributed by atoms with Crippen LogP contribution < -0.4 is 4.90 Å². The zero-order valence-corrected chi connectivity index (χ0v) is 21.2. The molecule has 0 aromatic carbocycles. The normalized spacial score (nSPS) is 20.3. The van der Waals surface area contributed by atoms with Crippen molar-refractivity contribution in [1.29, 1.82) is 0 Å². The molecule has 9 heteroatoms. The van der Waals surface area contributed by atoms with E-state index in [1.165, 1.54) is 5.56 Å². The number of piperidine rings is 1. The Morgan fingerprint density at radius 3 is 2.66 bits per heavy atom. The molecule has 1 aliphatic heterocycles. The summed E-state index contributed by atoms with van der Waals surface area (Å²) in [6.07, 6.45) is 6.36. The Balaban J connectivity index is 1.49. The number of hydrogen-bond acceptors (Lipinski definition) is 5. The molecule has 5 rings (SSSR count). The molecule has 3 aromatic heterocycles. The summed E-state index contributed by atoms with van der Waals surface area (Å²) in [5, 5.41) is 4.44. The molecule has 0 radical (unpaired) electrons. The van der Waals surface area contributed by atoms with Crippen LogP contribution in [0, 0.1) is 12.3 Å². The molecule has 168 valence electrons. The monoisotopic (exact) mass is 514 g/mol. The van der Waals surface area contributed by atoms with Crippen molar-refractivity contribution in [1.82, 2.24) is 19.6 Å². The Kier molecular flexibility index (Phi) is 5.24. The van der Waals surface area contributed by atoms with Gasteiger partial charge in [0.25, 0.3) is 0 Å². The lowest BCUT2D eigenvalue weighted by Crippen LogP contribution is -2.44. The first kappa shape index (κ1) is 21.7. The molecule has 0 N–H and O–H groups in total. The van der Waals surface area contributed by atoms with Crippen LogP contribution in [0.4, 0.5) is 5.82 Å². The molecule has 0 amide bonds. The van der Waals surface area contributed by atoms with E-state index in [-0.39, 0.29) is 5.41 Å².